The summed E-state index contributed by atoms with van der Waals surface area (Å²) in [5, 5.41) is 11.8. The van der Waals surface area contributed by atoms with E-state index in [1.54, 1.807) is 35.4 Å². The number of rotatable bonds is 9. The number of benzene rings is 3. The van der Waals surface area contributed by atoms with Crippen LogP contribution in [-0.4, -0.2) is 77.4 Å². The molecule has 312 valence electrons. The lowest BCUT2D eigenvalue weighted by atomic mass is 9.96. The summed E-state index contributed by atoms with van der Waals surface area (Å²) < 4.78 is 33.1. The number of carbonyl (C=O) groups is 3. The highest BCUT2D eigenvalue weighted by Gasteiger charge is 2.55. The maximum absolute atomic E-state index is 16.6. The second kappa shape index (κ2) is 13.7. The summed E-state index contributed by atoms with van der Waals surface area (Å²) in [7, 11) is 0. The van der Waals surface area contributed by atoms with Crippen molar-refractivity contribution in [2.45, 2.75) is 102 Å². The van der Waals surface area contributed by atoms with Gasteiger partial charge in [0.25, 0.3) is 5.92 Å². The largest absolute Gasteiger partial charge is 0.465 e. The normalized spacial score (nSPS) is 24.1. The molecule has 0 radical (unpaired) electrons. The highest BCUT2D eigenvalue weighted by Crippen LogP contribution is 2.59. The predicted molar refractivity (Wildman–Crippen MR) is 222 cm³/mol. The number of likely N-dealkylation sites (tertiary alicyclic amines) is 2. The molecule has 3 amide bonds. The van der Waals surface area contributed by atoms with Gasteiger partial charge in [-0.25, -0.2) is 14.8 Å². The number of carbonyl (C=O) groups excluding carboxylic acids is 2. The first-order valence-electron chi connectivity index (χ1n) is 21.2. The summed E-state index contributed by atoms with van der Waals surface area (Å²) in [6.07, 6.45) is 6.05. The lowest BCUT2D eigenvalue weighted by molar-refractivity contribution is -0.138. The maximum Gasteiger partial charge on any atom is 0.405 e. The van der Waals surface area contributed by atoms with Crippen molar-refractivity contribution in [2.24, 2.45) is 28.9 Å². The Bertz CT molecular complexity index is 2580. The molecule has 2 bridgehead atoms. The minimum Gasteiger partial charge on any atom is -0.465 e. The van der Waals surface area contributed by atoms with E-state index in [4.69, 9.17) is 15.7 Å². The van der Waals surface area contributed by atoms with Crippen LogP contribution in [0.2, 0.25) is 0 Å². The van der Waals surface area contributed by atoms with Crippen LogP contribution in [0.4, 0.5) is 13.6 Å². The number of hydrogen-bond donors (Lipinski definition) is 5. The zero-order chi connectivity index (χ0) is 42.0. The summed E-state index contributed by atoms with van der Waals surface area (Å²) in [6.45, 7) is 8.06. The molecule has 5 aromatic rings. The van der Waals surface area contributed by atoms with Gasteiger partial charge >= 0.3 is 6.09 Å². The third-order valence-electron chi connectivity index (χ3n) is 14.1. The van der Waals surface area contributed by atoms with E-state index in [0.29, 0.717) is 52.7 Å². The summed E-state index contributed by atoms with van der Waals surface area (Å²) in [6, 6.07) is 14.1. The zero-order valence-corrected chi connectivity index (χ0v) is 34.1. The molecule has 2 aliphatic heterocycles. The molecule has 3 aliphatic carbocycles. The fourth-order valence-corrected chi connectivity index (χ4v) is 10.6. The van der Waals surface area contributed by atoms with Crippen LogP contribution in [0, 0.1) is 23.2 Å². The highest BCUT2D eigenvalue weighted by molar-refractivity contribution is 5.88. The molecule has 1 spiro atoms. The fourth-order valence-electron chi connectivity index (χ4n) is 10.6. The van der Waals surface area contributed by atoms with Crippen molar-refractivity contribution < 1.29 is 28.3 Å². The number of H-pyrrole nitrogens is 2. The van der Waals surface area contributed by atoms with Crippen molar-refractivity contribution in [3.8, 4) is 33.5 Å². The van der Waals surface area contributed by atoms with Gasteiger partial charge in [-0.1, -0.05) is 58.0 Å². The Balaban J connectivity index is 0.908. The molecule has 5 aliphatic rings. The molecule has 6 N–H and O–H groups in total. The van der Waals surface area contributed by atoms with E-state index in [-0.39, 0.29) is 58.3 Å². The predicted octanol–water partition coefficient (Wildman–Crippen LogP) is 8.12. The molecule has 2 saturated heterocycles. The number of amides is 3. The van der Waals surface area contributed by atoms with E-state index in [1.807, 2.05) is 56.9 Å². The number of imidazole rings is 2. The van der Waals surface area contributed by atoms with Crippen LogP contribution in [0.1, 0.15) is 101 Å². The van der Waals surface area contributed by atoms with Gasteiger partial charge in [0, 0.05) is 35.5 Å². The van der Waals surface area contributed by atoms with E-state index < -0.39 is 24.1 Å². The Labute approximate surface area is 346 Å². The molecule has 2 aromatic heterocycles. The quantitative estimate of drug-likeness (QED) is 0.0999. The number of alkyl halides is 2. The molecule has 10 rings (SSSR count). The molecule has 2 saturated carbocycles. The molecule has 4 fully saturated rings. The number of halogens is 2. The van der Waals surface area contributed by atoms with Gasteiger partial charge in [-0.3, -0.25) is 9.59 Å². The average Bonchev–Trinajstić information content (AvgIpc) is 3.87. The zero-order valence-electron chi connectivity index (χ0n) is 34.1. The van der Waals surface area contributed by atoms with Gasteiger partial charge in [0.15, 0.2) is 0 Å². The third-order valence-corrected chi connectivity index (χ3v) is 14.1. The van der Waals surface area contributed by atoms with Gasteiger partial charge in [0.1, 0.15) is 17.7 Å². The van der Waals surface area contributed by atoms with Crippen LogP contribution in [0.25, 0.3) is 44.5 Å². The van der Waals surface area contributed by atoms with E-state index in [1.165, 1.54) is 6.07 Å². The Kier molecular flexibility index (Phi) is 8.80. The minimum absolute atomic E-state index is 0.00783. The number of aromatic nitrogens is 4. The highest BCUT2D eigenvalue weighted by atomic mass is 19.3. The first-order chi connectivity index (χ1) is 28.6. The molecule has 6 atom stereocenters. The summed E-state index contributed by atoms with van der Waals surface area (Å²) in [4.78, 5) is 59.1. The number of hydrogen-bond acceptors (Lipinski definition) is 6. The van der Waals surface area contributed by atoms with E-state index in [0.717, 1.165) is 54.5 Å². The average molecular weight is 817 g/mol. The van der Waals surface area contributed by atoms with Crippen LogP contribution in [0.3, 0.4) is 0 Å². The molecule has 4 unspecified atom stereocenters. The first-order valence-corrected chi connectivity index (χ1v) is 21.2. The number of nitrogens with zero attached hydrogens (tertiary/aromatic N) is 4. The van der Waals surface area contributed by atoms with Gasteiger partial charge < -0.3 is 35.9 Å². The molecule has 3 aromatic carbocycles. The maximum atomic E-state index is 16.6. The lowest BCUT2D eigenvalue weighted by Crippen LogP contribution is -2.51. The number of nitrogens with one attached hydrogen (secondary N) is 3. The van der Waals surface area contributed by atoms with Gasteiger partial charge in [-0.05, 0) is 108 Å². The third kappa shape index (κ3) is 6.11. The van der Waals surface area contributed by atoms with Crippen LogP contribution in [0.15, 0.2) is 60.8 Å². The van der Waals surface area contributed by atoms with E-state index >= 15 is 8.78 Å². The minimum atomic E-state index is -3.27. The smallest absolute Gasteiger partial charge is 0.405 e. The number of aromatic amines is 2. The first kappa shape index (κ1) is 38.6. The van der Waals surface area contributed by atoms with Crippen molar-refractivity contribution >= 4 is 28.9 Å². The molecule has 12 nitrogen and oxygen atoms in total. The van der Waals surface area contributed by atoms with Crippen LogP contribution >= 0.6 is 0 Å². The summed E-state index contributed by atoms with van der Waals surface area (Å²) in [5.74, 6) is -2.22. The topological polar surface area (TPSA) is 173 Å². The van der Waals surface area contributed by atoms with Crippen molar-refractivity contribution in [1.29, 1.82) is 0 Å². The second-order valence-electron chi connectivity index (χ2n) is 18.7. The van der Waals surface area contributed by atoms with Crippen molar-refractivity contribution in [1.82, 2.24) is 35.1 Å². The summed E-state index contributed by atoms with van der Waals surface area (Å²) in [5.41, 5.74) is 11.1. The Hall–Kier alpha value is -5.63. The number of fused-ring (bicyclic) bond motifs is 6. The van der Waals surface area contributed by atoms with Gasteiger partial charge in [0.05, 0.1) is 34.9 Å². The number of nitrogens with two attached hydrogens (primary N) is 1. The molecular formula is C46H50F2N8O4. The van der Waals surface area contributed by atoms with Crippen molar-refractivity contribution in [3.63, 3.8) is 0 Å². The molecule has 14 heteroatoms. The number of piperidine rings is 1. The molecular weight excluding hydrogens is 767 g/mol. The fraction of sp³-hybridized carbons (Fsp3) is 0.457. The van der Waals surface area contributed by atoms with Crippen LogP contribution < -0.4 is 11.1 Å². The van der Waals surface area contributed by atoms with Crippen molar-refractivity contribution in [2.75, 3.05) is 6.54 Å². The monoisotopic (exact) mass is 816 g/mol. The second-order valence-corrected chi connectivity index (χ2v) is 18.7. The van der Waals surface area contributed by atoms with Crippen LogP contribution in [-0.2, 0) is 15.5 Å². The molecule has 4 heterocycles. The SMILES string of the molecule is CC(C)C(NC(=O)O)C(=O)N1CC2(CC2)CC1c1nc(-c2ccc3c(c2)C(F)(F)c2cc(-c4ccc5nc([C@@H]6C7CCC(C7)N6C(=O)[C@@H](N)C(C)C)[nH]c5c4)ccc2-3)c[nH]1. The van der Waals surface area contributed by atoms with E-state index in [2.05, 4.69) is 15.3 Å². The summed E-state index contributed by atoms with van der Waals surface area (Å²) >= 11 is 0. The van der Waals surface area contributed by atoms with Gasteiger partial charge in [0.2, 0.25) is 11.8 Å². The lowest BCUT2D eigenvalue weighted by Gasteiger charge is -2.36. The standard InChI is InChI=1S/C46H50F2N8O4/c1-22(2)37(49)42(57)56-28-9-5-27(15-28)39(56)41-51-33-12-8-25(18-34(33)52-41)24-6-10-29-30-11-7-26(17-32(30)46(47,48)31(29)16-24)35-20-50-40(53-35)36-19-45(13-14-45)21-55(36)43(58)38(23(3)4)54-44(59)60/h6-8,10-12,16-18,20,22-23,27-28,36-39,54H,5,9,13-15,19,21,49H2,1-4H3,(H,50,53)(H,51,52)(H,59,60)/t27?,28?,36?,37-,38?,39-/m0/s1. The Morgan fingerprint density at radius 3 is 2.25 bits per heavy atom. The van der Waals surface area contributed by atoms with Crippen molar-refractivity contribution in [3.05, 3.63) is 83.6 Å². The Morgan fingerprint density at radius 2 is 1.57 bits per heavy atom. The Morgan fingerprint density at radius 1 is 0.883 bits per heavy atom. The van der Waals surface area contributed by atoms with Gasteiger partial charge in [-0.2, -0.15) is 8.78 Å². The number of carboxylic acid groups (broad SMARTS) is 1. The van der Waals surface area contributed by atoms with Crippen LogP contribution in [0.5, 0.6) is 0 Å². The van der Waals surface area contributed by atoms with Gasteiger partial charge in [-0.15, -0.1) is 0 Å². The molecule has 60 heavy (non-hydrogen) atoms. The van der Waals surface area contributed by atoms with E-state index in [9.17, 15) is 19.5 Å².